The zero-order valence-electron chi connectivity index (χ0n) is 21.2. The smallest absolute Gasteiger partial charge is 0.257 e. The number of nitrogens with zero attached hydrogens (tertiary/aromatic N) is 5. The van der Waals surface area contributed by atoms with Crippen molar-refractivity contribution in [3.8, 4) is 5.75 Å². The van der Waals surface area contributed by atoms with E-state index in [0.717, 1.165) is 24.5 Å². The number of fused-ring (bicyclic) bond motifs is 2. The molecule has 1 aromatic carbocycles. The summed E-state index contributed by atoms with van der Waals surface area (Å²) >= 11 is 0. The molecular weight excluding hydrogens is 470 g/mol. The van der Waals surface area contributed by atoms with Crippen LogP contribution in [0.2, 0.25) is 0 Å². The van der Waals surface area contributed by atoms with Crippen LogP contribution in [0.1, 0.15) is 42.7 Å². The fourth-order valence-electron chi connectivity index (χ4n) is 5.36. The molecule has 0 bridgehead atoms. The number of imidazole rings is 1. The molecule has 1 aliphatic carbocycles. The SMILES string of the molecule is Cc1cn2cc(NC(=O)c3ccc(N4C[C@H](C)N[C@@H](C)C4)c4nccnc34)cc(OC3CC(O)C3)c2n1. The van der Waals surface area contributed by atoms with Gasteiger partial charge in [0, 0.05) is 68.9 Å². The van der Waals surface area contributed by atoms with Gasteiger partial charge < -0.3 is 29.8 Å². The Hall–Kier alpha value is -3.76. The Morgan fingerprint density at radius 1 is 1.11 bits per heavy atom. The Labute approximate surface area is 214 Å². The number of benzene rings is 1. The fourth-order valence-corrected chi connectivity index (χ4v) is 5.36. The van der Waals surface area contributed by atoms with Gasteiger partial charge in [0.2, 0.25) is 0 Å². The highest BCUT2D eigenvalue weighted by molar-refractivity contribution is 6.13. The maximum atomic E-state index is 13.5. The van der Waals surface area contributed by atoms with Gasteiger partial charge in [-0.2, -0.15) is 0 Å². The van der Waals surface area contributed by atoms with E-state index in [4.69, 9.17) is 4.74 Å². The van der Waals surface area contributed by atoms with E-state index in [1.165, 1.54) is 0 Å². The molecule has 1 amide bonds. The number of aryl methyl sites for hydroxylation is 1. The number of carbonyl (C=O) groups excluding carboxylic acids is 1. The van der Waals surface area contributed by atoms with Crippen molar-refractivity contribution in [1.29, 1.82) is 0 Å². The van der Waals surface area contributed by atoms with Crippen molar-refractivity contribution in [2.24, 2.45) is 0 Å². The van der Waals surface area contributed by atoms with Crippen LogP contribution in [0.25, 0.3) is 16.7 Å². The number of anilines is 2. The van der Waals surface area contributed by atoms with Gasteiger partial charge in [-0.15, -0.1) is 0 Å². The second-order valence-electron chi connectivity index (χ2n) is 10.3. The quantitative estimate of drug-likeness (QED) is 0.382. The molecule has 2 fully saturated rings. The van der Waals surface area contributed by atoms with Gasteiger partial charge in [0.05, 0.1) is 28.7 Å². The van der Waals surface area contributed by atoms with Crippen molar-refractivity contribution >= 4 is 34.0 Å². The van der Waals surface area contributed by atoms with E-state index in [0.29, 0.717) is 58.6 Å². The number of hydrogen-bond donors (Lipinski definition) is 3. The van der Waals surface area contributed by atoms with E-state index in [9.17, 15) is 9.90 Å². The van der Waals surface area contributed by atoms with Gasteiger partial charge in [-0.25, -0.2) is 4.98 Å². The summed E-state index contributed by atoms with van der Waals surface area (Å²) in [5.74, 6) is 0.296. The maximum Gasteiger partial charge on any atom is 0.257 e. The Morgan fingerprint density at radius 2 is 1.84 bits per heavy atom. The second kappa shape index (κ2) is 9.28. The molecule has 3 N–H and O–H groups in total. The van der Waals surface area contributed by atoms with Gasteiger partial charge in [0.25, 0.3) is 5.91 Å². The number of nitrogens with one attached hydrogen (secondary N) is 2. The maximum absolute atomic E-state index is 13.5. The molecule has 10 heteroatoms. The number of carbonyl (C=O) groups is 1. The van der Waals surface area contributed by atoms with Crippen LogP contribution >= 0.6 is 0 Å². The van der Waals surface area contributed by atoms with E-state index in [1.54, 1.807) is 18.5 Å². The molecule has 1 saturated carbocycles. The molecule has 1 aliphatic heterocycles. The minimum absolute atomic E-state index is 0.0658. The van der Waals surface area contributed by atoms with Crippen molar-refractivity contribution < 1.29 is 14.6 Å². The number of rotatable bonds is 5. The highest BCUT2D eigenvalue weighted by Gasteiger charge is 2.30. The lowest BCUT2D eigenvalue weighted by Crippen LogP contribution is -2.54. The fraction of sp³-hybridized carbons (Fsp3) is 0.407. The lowest BCUT2D eigenvalue weighted by atomic mass is 9.92. The summed E-state index contributed by atoms with van der Waals surface area (Å²) in [6.07, 6.45) is 7.78. The second-order valence-corrected chi connectivity index (χ2v) is 10.3. The van der Waals surface area contributed by atoms with Crippen molar-refractivity contribution in [3.05, 3.63) is 54.2 Å². The molecule has 4 heterocycles. The van der Waals surface area contributed by atoms with E-state index in [1.807, 2.05) is 35.9 Å². The molecule has 0 unspecified atom stereocenters. The number of aliphatic hydroxyl groups is 1. The molecule has 2 atom stereocenters. The summed E-state index contributed by atoms with van der Waals surface area (Å²) < 4.78 is 7.97. The number of aromatic nitrogens is 4. The van der Waals surface area contributed by atoms with Gasteiger partial charge in [0.15, 0.2) is 11.4 Å². The summed E-state index contributed by atoms with van der Waals surface area (Å²) in [6, 6.07) is 6.28. The van der Waals surface area contributed by atoms with Crippen LogP contribution in [-0.2, 0) is 0 Å². The van der Waals surface area contributed by atoms with Crippen molar-refractivity contribution in [3.63, 3.8) is 0 Å². The molecule has 4 aromatic rings. The number of piperazine rings is 1. The standard InChI is InChI=1S/C27H31N7O3/c1-15-11-33(12-16(2)30-15)22-5-4-21(24-25(22)29-7-6-28-24)27(36)32-18-8-23(37-20-9-19(35)10-20)26-31-17(3)13-34(26)14-18/h4-8,13-16,19-20,30,35H,9-12H2,1-3H3,(H,32,36)/t15-,16-,19?,20?/m0/s1. The zero-order chi connectivity index (χ0) is 25.7. The van der Waals surface area contributed by atoms with E-state index >= 15 is 0 Å². The van der Waals surface area contributed by atoms with Crippen LogP contribution < -0.4 is 20.3 Å². The van der Waals surface area contributed by atoms with Crippen molar-refractivity contribution in [2.75, 3.05) is 23.3 Å². The van der Waals surface area contributed by atoms with Crippen molar-refractivity contribution in [1.82, 2.24) is 24.7 Å². The zero-order valence-corrected chi connectivity index (χ0v) is 21.2. The third kappa shape index (κ3) is 4.58. The highest BCUT2D eigenvalue weighted by Crippen LogP contribution is 2.32. The molecule has 0 spiro atoms. The summed E-state index contributed by atoms with van der Waals surface area (Å²) in [4.78, 5) is 29.5. The van der Waals surface area contributed by atoms with Crippen LogP contribution in [0.5, 0.6) is 5.75 Å². The highest BCUT2D eigenvalue weighted by atomic mass is 16.5. The Morgan fingerprint density at radius 3 is 2.57 bits per heavy atom. The number of hydrogen-bond acceptors (Lipinski definition) is 8. The van der Waals surface area contributed by atoms with Crippen LogP contribution in [0.15, 0.2) is 43.0 Å². The average molecular weight is 502 g/mol. The van der Waals surface area contributed by atoms with Gasteiger partial charge in [-0.1, -0.05) is 0 Å². The lowest BCUT2D eigenvalue weighted by Gasteiger charge is -2.38. The van der Waals surface area contributed by atoms with Gasteiger partial charge in [-0.05, 0) is 32.9 Å². The Bertz CT molecular complexity index is 1470. The molecule has 10 nitrogen and oxygen atoms in total. The first-order chi connectivity index (χ1) is 17.8. The first-order valence-electron chi connectivity index (χ1n) is 12.7. The largest absolute Gasteiger partial charge is 0.486 e. The minimum atomic E-state index is -0.324. The van der Waals surface area contributed by atoms with E-state index in [2.05, 4.69) is 44.3 Å². The summed E-state index contributed by atoms with van der Waals surface area (Å²) in [7, 11) is 0. The van der Waals surface area contributed by atoms with Crippen LogP contribution in [0.3, 0.4) is 0 Å². The van der Waals surface area contributed by atoms with Crippen molar-refractivity contribution in [2.45, 2.75) is 57.9 Å². The summed E-state index contributed by atoms with van der Waals surface area (Å²) in [5.41, 5.74) is 4.81. The number of ether oxygens (including phenoxy) is 1. The Kier molecular flexibility index (Phi) is 5.92. The third-order valence-electron chi connectivity index (χ3n) is 7.01. The monoisotopic (exact) mass is 501 g/mol. The summed E-state index contributed by atoms with van der Waals surface area (Å²) in [5, 5.41) is 16.2. The first kappa shape index (κ1) is 23.6. The number of amides is 1. The predicted molar refractivity (Wildman–Crippen MR) is 141 cm³/mol. The van der Waals surface area contributed by atoms with Crippen LogP contribution in [0.4, 0.5) is 11.4 Å². The van der Waals surface area contributed by atoms with Crippen LogP contribution in [-0.4, -0.2) is 67.7 Å². The number of pyridine rings is 1. The summed E-state index contributed by atoms with van der Waals surface area (Å²) in [6.45, 7) is 7.96. The normalized spacial score (nSPS) is 23.7. The van der Waals surface area contributed by atoms with E-state index in [-0.39, 0.29) is 18.1 Å². The molecule has 3 aromatic heterocycles. The molecule has 192 valence electrons. The number of aliphatic hydroxyl groups excluding tert-OH is 1. The van der Waals surface area contributed by atoms with Gasteiger partial charge in [-0.3, -0.25) is 14.8 Å². The van der Waals surface area contributed by atoms with Gasteiger partial charge >= 0.3 is 0 Å². The Balaban J connectivity index is 1.32. The topological polar surface area (TPSA) is 117 Å². The first-order valence-corrected chi connectivity index (χ1v) is 12.7. The van der Waals surface area contributed by atoms with Gasteiger partial charge in [0.1, 0.15) is 17.1 Å². The molecule has 6 rings (SSSR count). The molecular formula is C27H31N7O3. The molecule has 37 heavy (non-hydrogen) atoms. The van der Waals surface area contributed by atoms with Crippen LogP contribution in [0, 0.1) is 6.92 Å². The average Bonchev–Trinajstić information content (AvgIpc) is 3.22. The minimum Gasteiger partial charge on any atom is -0.486 e. The lowest BCUT2D eigenvalue weighted by molar-refractivity contribution is -0.0103. The molecule has 0 radical (unpaired) electrons. The molecule has 1 saturated heterocycles. The predicted octanol–water partition coefficient (Wildman–Crippen LogP) is 2.93. The van der Waals surface area contributed by atoms with E-state index < -0.39 is 0 Å². The third-order valence-corrected chi connectivity index (χ3v) is 7.01. The molecule has 2 aliphatic rings.